The minimum Gasteiger partial charge on any atom is -0.496 e. The molecule has 116 valence electrons. The predicted octanol–water partition coefficient (Wildman–Crippen LogP) is 2.68. The van der Waals surface area contributed by atoms with E-state index in [0.29, 0.717) is 12.1 Å². The van der Waals surface area contributed by atoms with Crippen LogP contribution in [0.5, 0.6) is 5.75 Å². The Labute approximate surface area is 126 Å². The Morgan fingerprint density at radius 3 is 2.67 bits per heavy atom. The fraction of sp³-hybridized carbons (Fsp3) is 0.588. The molecular formula is C17H25NO3. The lowest BCUT2D eigenvalue weighted by molar-refractivity contribution is 0.0718. The number of benzene rings is 1. The Bertz CT molecular complexity index is 493. The molecule has 0 bridgehead atoms. The third kappa shape index (κ3) is 3.76. The molecule has 0 saturated heterocycles. The van der Waals surface area contributed by atoms with Gasteiger partial charge in [-0.05, 0) is 37.5 Å². The summed E-state index contributed by atoms with van der Waals surface area (Å²) in [5.41, 5.74) is 1.47. The highest BCUT2D eigenvalue weighted by Gasteiger charge is 2.31. The van der Waals surface area contributed by atoms with E-state index in [1.807, 2.05) is 13.0 Å². The Balaban J connectivity index is 2.01. The van der Waals surface area contributed by atoms with Crippen LogP contribution in [0, 0.1) is 12.3 Å². The molecular weight excluding hydrogens is 266 g/mol. The van der Waals surface area contributed by atoms with E-state index in [2.05, 4.69) is 5.32 Å². The summed E-state index contributed by atoms with van der Waals surface area (Å²) in [6.45, 7) is 2.63. The van der Waals surface area contributed by atoms with Crippen molar-refractivity contribution in [2.24, 2.45) is 5.41 Å². The molecule has 1 amide bonds. The van der Waals surface area contributed by atoms with Crippen LogP contribution in [0.2, 0.25) is 0 Å². The minimum atomic E-state index is -0.136. The number of hydrogen-bond donors (Lipinski definition) is 2. The molecule has 0 aromatic heterocycles. The highest BCUT2D eigenvalue weighted by atomic mass is 16.5. The average molecular weight is 291 g/mol. The van der Waals surface area contributed by atoms with Crippen molar-refractivity contribution in [3.05, 3.63) is 29.3 Å². The maximum Gasteiger partial charge on any atom is 0.251 e. The van der Waals surface area contributed by atoms with Crippen molar-refractivity contribution in [2.45, 2.75) is 39.0 Å². The largest absolute Gasteiger partial charge is 0.496 e. The van der Waals surface area contributed by atoms with Crippen molar-refractivity contribution >= 4 is 5.91 Å². The number of methoxy groups -OCH3 is 1. The molecule has 1 saturated carbocycles. The summed E-state index contributed by atoms with van der Waals surface area (Å²) in [5, 5.41) is 12.6. The van der Waals surface area contributed by atoms with E-state index in [1.54, 1.807) is 19.2 Å². The van der Waals surface area contributed by atoms with Crippen molar-refractivity contribution in [1.82, 2.24) is 5.32 Å². The quantitative estimate of drug-likeness (QED) is 0.877. The van der Waals surface area contributed by atoms with Gasteiger partial charge in [0.05, 0.1) is 13.7 Å². The summed E-state index contributed by atoms with van der Waals surface area (Å²) in [6.07, 6.45) is 5.47. The third-order valence-corrected chi connectivity index (χ3v) is 4.54. The summed E-state index contributed by atoms with van der Waals surface area (Å²) >= 11 is 0. The zero-order chi connectivity index (χ0) is 15.3. The van der Waals surface area contributed by atoms with Crippen LogP contribution in [0.25, 0.3) is 0 Å². The molecule has 0 radical (unpaired) electrons. The first-order chi connectivity index (χ1) is 10.1. The lowest BCUT2D eigenvalue weighted by Crippen LogP contribution is -2.41. The lowest BCUT2D eigenvalue weighted by Gasteiger charge is -2.35. The van der Waals surface area contributed by atoms with Gasteiger partial charge in [-0.2, -0.15) is 0 Å². The number of rotatable bonds is 5. The molecule has 0 unspecified atom stereocenters. The second kappa shape index (κ2) is 6.94. The molecule has 2 N–H and O–H groups in total. The van der Waals surface area contributed by atoms with E-state index in [0.717, 1.165) is 37.0 Å². The molecule has 1 aromatic carbocycles. The van der Waals surface area contributed by atoms with Crippen LogP contribution in [0.4, 0.5) is 0 Å². The molecule has 1 aliphatic rings. The van der Waals surface area contributed by atoms with Crippen LogP contribution in [0.1, 0.15) is 48.0 Å². The first kappa shape index (κ1) is 15.8. The number of ether oxygens (including phenoxy) is 1. The van der Waals surface area contributed by atoms with Crippen molar-refractivity contribution < 1.29 is 14.6 Å². The van der Waals surface area contributed by atoms with Gasteiger partial charge >= 0.3 is 0 Å². The van der Waals surface area contributed by atoms with Gasteiger partial charge in [0.2, 0.25) is 0 Å². The minimum absolute atomic E-state index is 0.105. The molecule has 1 aliphatic carbocycles. The summed E-state index contributed by atoms with van der Waals surface area (Å²) in [4.78, 5) is 12.3. The second-order valence-corrected chi connectivity index (χ2v) is 6.09. The molecule has 4 heteroatoms. The fourth-order valence-corrected chi connectivity index (χ4v) is 3.02. The number of aryl methyl sites for hydroxylation is 1. The maximum atomic E-state index is 12.3. The smallest absolute Gasteiger partial charge is 0.251 e. The predicted molar refractivity (Wildman–Crippen MR) is 82.7 cm³/mol. The van der Waals surface area contributed by atoms with Crippen LogP contribution in [0.15, 0.2) is 18.2 Å². The first-order valence-electron chi connectivity index (χ1n) is 7.64. The summed E-state index contributed by atoms with van der Waals surface area (Å²) in [6, 6.07) is 5.45. The Morgan fingerprint density at radius 1 is 1.33 bits per heavy atom. The van der Waals surface area contributed by atoms with Gasteiger partial charge in [-0.25, -0.2) is 0 Å². The van der Waals surface area contributed by atoms with Gasteiger partial charge in [0.1, 0.15) is 5.75 Å². The van der Waals surface area contributed by atoms with Gasteiger partial charge in [-0.1, -0.05) is 25.3 Å². The molecule has 0 aliphatic heterocycles. The van der Waals surface area contributed by atoms with Gasteiger partial charge in [0.25, 0.3) is 5.91 Å². The number of carbonyl (C=O) groups excluding carboxylic acids is 1. The van der Waals surface area contributed by atoms with Gasteiger partial charge in [-0.15, -0.1) is 0 Å². The van der Waals surface area contributed by atoms with E-state index in [1.165, 1.54) is 6.42 Å². The highest BCUT2D eigenvalue weighted by molar-refractivity contribution is 5.94. The maximum absolute atomic E-state index is 12.3. The van der Waals surface area contributed by atoms with Gasteiger partial charge in [0.15, 0.2) is 0 Å². The summed E-state index contributed by atoms with van der Waals surface area (Å²) in [7, 11) is 1.60. The number of aliphatic hydroxyl groups excluding tert-OH is 1. The monoisotopic (exact) mass is 291 g/mol. The highest BCUT2D eigenvalue weighted by Crippen LogP contribution is 2.35. The van der Waals surface area contributed by atoms with Gasteiger partial charge in [-0.3, -0.25) is 4.79 Å². The van der Waals surface area contributed by atoms with E-state index in [4.69, 9.17) is 4.74 Å². The number of carbonyl (C=O) groups is 1. The molecule has 0 heterocycles. The standard InChI is InChI=1S/C17H25NO3/c1-13-6-7-14(10-15(13)21-2)16(20)18-11-17(12-19)8-4-3-5-9-17/h6-7,10,19H,3-5,8-9,11-12H2,1-2H3,(H,18,20). The molecule has 4 nitrogen and oxygen atoms in total. The van der Waals surface area contributed by atoms with Crippen molar-refractivity contribution in [1.29, 1.82) is 0 Å². The molecule has 1 fully saturated rings. The fourth-order valence-electron chi connectivity index (χ4n) is 3.02. The third-order valence-electron chi connectivity index (χ3n) is 4.54. The van der Waals surface area contributed by atoms with E-state index in [9.17, 15) is 9.90 Å². The van der Waals surface area contributed by atoms with Crippen LogP contribution in [-0.2, 0) is 0 Å². The lowest BCUT2D eigenvalue weighted by atomic mass is 9.74. The molecule has 0 atom stereocenters. The van der Waals surface area contributed by atoms with Gasteiger partial charge < -0.3 is 15.2 Å². The van der Waals surface area contributed by atoms with Gasteiger partial charge in [0, 0.05) is 17.5 Å². The number of aliphatic hydroxyl groups is 1. The number of amides is 1. The zero-order valence-corrected chi connectivity index (χ0v) is 12.9. The average Bonchev–Trinajstić information content (AvgIpc) is 2.54. The Kier molecular flexibility index (Phi) is 5.23. The van der Waals surface area contributed by atoms with E-state index in [-0.39, 0.29) is 17.9 Å². The summed E-state index contributed by atoms with van der Waals surface area (Å²) < 4.78 is 5.25. The Hall–Kier alpha value is -1.55. The molecule has 0 spiro atoms. The van der Waals surface area contributed by atoms with Crippen LogP contribution in [0.3, 0.4) is 0 Å². The van der Waals surface area contributed by atoms with Crippen molar-refractivity contribution in [3.8, 4) is 5.75 Å². The second-order valence-electron chi connectivity index (χ2n) is 6.09. The number of nitrogens with one attached hydrogen (secondary N) is 1. The topological polar surface area (TPSA) is 58.6 Å². The summed E-state index contributed by atoms with van der Waals surface area (Å²) in [5.74, 6) is 0.615. The van der Waals surface area contributed by atoms with Crippen LogP contribution >= 0.6 is 0 Å². The molecule has 21 heavy (non-hydrogen) atoms. The SMILES string of the molecule is COc1cc(C(=O)NCC2(CO)CCCCC2)ccc1C. The van der Waals surface area contributed by atoms with E-state index < -0.39 is 0 Å². The van der Waals surface area contributed by atoms with Crippen molar-refractivity contribution in [2.75, 3.05) is 20.3 Å². The van der Waals surface area contributed by atoms with Crippen LogP contribution in [-0.4, -0.2) is 31.3 Å². The molecule has 1 aromatic rings. The first-order valence-corrected chi connectivity index (χ1v) is 7.64. The molecule has 2 rings (SSSR count). The van der Waals surface area contributed by atoms with Crippen molar-refractivity contribution in [3.63, 3.8) is 0 Å². The van der Waals surface area contributed by atoms with Crippen LogP contribution < -0.4 is 10.1 Å². The zero-order valence-electron chi connectivity index (χ0n) is 12.9. The number of hydrogen-bond acceptors (Lipinski definition) is 3. The Morgan fingerprint density at radius 2 is 2.05 bits per heavy atom. The normalized spacial score (nSPS) is 17.3. The van der Waals surface area contributed by atoms with E-state index >= 15 is 0 Å².